The molecule has 92 valence electrons. The lowest BCUT2D eigenvalue weighted by atomic mass is 9.92. The van der Waals surface area contributed by atoms with Crippen LogP contribution in [0, 0.1) is 0 Å². The van der Waals surface area contributed by atoms with E-state index in [1.165, 1.54) is 51.7 Å². The average Bonchev–Trinajstić information content (AvgIpc) is 2.76. The van der Waals surface area contributed by atoms with Gasteiger partial charge in [-0.3, -0.25) is 4.90 Å². The molecule has 2 heteroatoms. The van der Waals surface area contributed by atoms with Crippen molar-refractivity contribution in [2.75, 3.05) is 19.6 Å². The molecular weight excluding hydrogens is 196 g/mol. The fraction of sp³-hybridized carbons (Fsp3) is 0.857. The van der Waals surface area contributed by atoms with Crippen LogP contribution in [0.1, 0.15) is 46.0 Å². The van der Waals surface area contributed by atoms with Crippen molar-refractivity contribution in [2.45, 2.75) is 57.5 Å². The van der Waals surface area contributed by atoms with Crippen LogP contribution in [-0.4, -0.2) is 36.1 Å². The van der Waals surface area contributed by atoms with Crippen LogP contribution < -0.4 is 5.32 Å². The van der Waals surface area contributed by atoms with Gasteiger partial charge in [-0.2, -0.15) is 0 Å². The molecule has 1 heterocycles. The first-order chi connectivity index (χ1) is 7.79. The van der Waals surface area contributed by atoms with Gasteiger partial charge in [0, 0.05) is 18.1 Å². The SMILES string of the molecule is CCC1(CC)CN(C2CC=CC2)CCCN1. The zero-order chi connectivity index (χ0) is 11.4. The van der Waals surface area contributed by atoms with E-state index in [-0.39, 0.29) is 0 Å². The minimum atomic E-state index is 0.374. The molecule has 2 nitrogen and oxygen atoms in total. The van der Waals surface area contributed by atoms with Gasteiger partial charge in [0.2, 0.25) is 0 Å². The quantitative estimate of drug-likeness (QED) is 0.738. The van der Waals surface area contributed by atoms with Gasteiger partial charge in [-0.05, 0) is 45.2 Å². The van der Waals surface area contributed by atoms with Gasteiger partial charge in [0.25, 0.3) is 0 Å². The predicted octanol–water partition coefficient (Wildman–Crippen LogP) is 2.56. The van der Waals surface area contributed by atoms with Crippen LogP contribution in [0.5, 0.6) is 0 Å². The van der Waals surface area contributed by atoms with Crippen molar-refractivity contribution in [3.63, 3.8) is 0 Å². The third-order valence-electron chi connectivity index (χ3n) is 4.48. The second-order valence-corrected chi connectivity index (χ2v) is 5.33. The second-order valence-electron chi connectivity index (χ2n) is 5.33. The van der Waals surface area contributed by atoms with E-state index in [1.807, 2.05) is 0 Å². The molecule has 1 saturated heterocycles. The first-order valence-corrected chi connectivity index (χ1v) is 6.94. The Labute approximate surface area is 100 Å². The lowest BCUT2D eigenvalue weighted by Crippen LogP contribution is -2.52. The molecule has 0 saturated carbocycles. The molecule has 16 heavy (non-hydrogen) atoms. The molecule has 0 spiro atoms. The summed E-state index contributed by atoms with van der Waals surface area (Å²) in [6, 6.07) is 0.789. The molecule has 1 aliphatic carbocycles. The van der Waals surface area contributed by atoms with Gasteiger partial charge in [-0.15, -0.1) is 0 Å². The zero-order valence-electron chi connectivity index (χ0n) is 10.8. The Morgan fingerprint density at radius 3 is 2.56 bits per heavy atom. The first-order valence-electron chi connectivity index (χ1n) is 6.94. The maximum Gasteiger partial charge on any atom is 0.0303 e. The summed E-state index contributed by atoms with van der Waals surface area (Å²) in [4.78, 5) is 2.73. The monoisotopic (exact) mass is 222 g/mol. The van der Waals surface area contributed by atoms with Gasteiger partial charge in [0.1, 0.15) is 0 Å². The molecule has 0 bridgehead atoms. The van der Waals surface area contributed by atoms with Crippen LogP contribution in [-0.2, 0) is 0 Å². The van der Waals surface area contributed by atoms with Crippen molar-refractivity contribution >= 4 is 0 Å². The van der Waals surface area contributed by atoms with E-state index in [0.717, 1.165) is 6.04 Å². The predicted molar refractivity (Wildman–Crippen MR) is 69.7 cm³/mol. The maximum absolute atomic E-state index is 3.79. The van der Waals surface area contributed by atoms with Crippen LogP contribution in [0.4, 0.5) is 0 Å². The van der Waals surface area contributed by atoms with Gasteiger partial charge in [0.15, 0.2) is 0 Å². The van der Waals surface area contributed by atoms with E-state index < -0.39 is 0 Å². The van der Waals surface area contributed by atoms with E-state index in [1.54, 1.807) is 0 Å². The van der Waals surface area contributed by atoms with Gasteiger partial charge in [-0.1, -0.05) is 26.0 Å². The highest BCUT2D eigenvalue weighted by Crippen LogP contribution is 2.25. The number of hydrogen-bond donors (Lipinski definition) is 1. The van der Waals surface area contributed by atoms with E-state index in [2.05, 4.69) is 36.2 Å². The van der Waals surface area contributed by atoms with Crippen molar-refractivity contribution in [2.24, 2.45) is 0 Å². The Morgan fingerprint density at radius 1 is 1.25 bits per heavy atom. The molecule has 0 unspecified atom stereocenters. The first kappa shape index (κ1) is 12.1. The maximum atomic E-state index is 3.79. The fourth-order valence-electron chi connectivity index (χ4n) is 3.10. The lowest BCUT2D eigenvalue weighted by Gasteiger charge is -2.38. The van der Waals surface area contributed by atoms with Crippen LogP contribution >= 0.6 is 0 Å². The molecule has 0 amide bonds. The normalized spacial score (nSPS) is 27.1. The van der Waals surface area contributed by atoms with Crippen LogP contribution in [0.2, 0.25) is 0 Å². The Kier molecular flexibility index (Phi) is 4.04. The summed E-state index contributed by atoms with van der Waals surface area (Å²) in [5.74, 6) is 0. The van der Waals surface area contributed by atoms with Gasteiger partial charge < -0.3 is 5.32 Å². The van der Waals surface area contributed by atoms with Gasteiger partial charge in [-0.25, -0.2) is 0 Å². The number of nitrogens with one attached hydrogen (secondary N) is 1. The van der Waals surface area contributed by atoms with Crippen molar-refractivity contribution in [3.05, 3.63) is 12.2 Å². The minimum Gasteiger partial charge on any atom is -0.310 e. The summed E-state index contributed by atoms with van der Waals surface area (Å²) in [6.07, 6.45) is 11.0. The third-order valence-corrected chi connectivity index (χ3v) is 4.48. The Morgan fingerprint density at radius 2 is 1.94 bits per heavy atom. The zero-order valence-corrected chi connectivity index (χ0v) is 10.8. The Balaban J connectivity index is 2.02. The summed E-state index contributed by atoms with van der Waals surface area (Å²) < 4.78 is 0. The molecule has 0 aromatic heterocycles. The van der Waals surface area contributed by atoms with Crippen molar-refractivity contribution in [1.29, 1.82) is 0 Å². The molecule has 1 aliphatic heterocycles. The van der Waals surface area contributed by atoms with Crippen molar-refractivity contribution in [3.8, 4) is 0 Å². The van der Waals surface area contributed by atoms with E-state index in [0.29, 0.717) is 5.54 Å². The van der Waals surface area contributed by atoms with Crippen molar-refractivity contribution in [1.82, 2.24) is 10.2 Å². The largest absolute Gasteiger partial charge is 0.310 e. The number of rotatable bonds is 3. The molecule has 0 aromatic rings. The molecular formula is C14H26N2. The Bertz CT molecular complexity index is 235. The highest BCUT2D eigenvalue weighted by Gasteiger charge is 2.32. The molecule has 2 aliphatic rings. The molecule has 2 rings (SSSR count). The van der Waals surface area contributed by atoms with E-state index >= 15 is 0 Å². The van der Waals surface area contributed by atoms with Crippen LogP contribution in [0.25, 0.3) is 0 Å². The smallest absolute Gasteiger partial charge is 0.0303 e. The fourth-order valence-corrected chi connectivity index (χ4v) is 3.10. The van der Waals surface area contributed by atoms with E-state index in [9.17, 15) is 0 Å². The average molecular weight is 222 g/mol. The number of hydrogen-bond acceptors (Lipinski definition) is 2. The van der Waals surface area contributed by atoms with Crippen LogP contribution in [0.3, 0.4) is 0 Å². The second kappa shape index (κ2) is 5.33. The summed E-state index contributed by atoms with van der Waals surface area (Å²) >= 11 is 0. The Hall–Kier alpha value is -0.340. The highest BCUT2D eigenvalue weighted by molar-refractivity contribution is 5.01. The molecule has 0 radical (unpaired) electrons. The molecule has 1 N–H and O–H groups in total. The third kappa shape index (κ3) is 2.49. The molecule has 0 atom stereocenters. The summed E-state index contributed by atoms with van der Waals surface area (Å²) in [5, 5.41) is 3.79. The highest BCUT2D eigenvalue weighted by atomic mass is 15.2. The van der Waals surface area contributed by atoms with Crippen molar-refractivity contribution < 1.29 is 0 Å². The lowest BCUT2D eigenvalue weighted by molar-refractivity contribution is 0.153. The van der Waals surface area contributed by atoms with Crippen LogP contribution in [0.15, 0.2) is 12.2 Å². The topological polar surface area (TPSA) is 15.3 Å². The van der Waals surface area contributed by atoms with E-state index in [4.69, 9.17) is 0 Å². The summed E-state index contributed by atoms with van der Waals surface area (Å²) in [6.45, 7) is 8.37. The summed E-state index contributed by atoms with van der Waals surface area (Å²) in [7, 11) is 0. The number of nitrogens with zero attached hydrogens (tertiary/aromatic N) is 1. The van der Waals surface area contributed by atoms with Gasteiger partial charge in [0.05, 0.1) is 0 Å². The standard InChI is InChI=1S/C14H26N2/c1-3-14(4-2)12-16(11-7-10-15-14)13-8-5-6-9-13/h5-6,13,15H,3-4,7-12H2,1-2H3. The van der Waals surface area contributed by atoms with Gasteiger partial charge >= 0.3 is 0 Å². The molecule has 1 fully saturated rings. The molecule has 0 aromatic carbocycles. The summed E-state index contributed by atoms with van der Waals surface area (Å²) in [5.41, 5.74) is 0.374. The minimum absolute atomic E-state index is 0.374.